The number of hydrogen-bond donors (Lipinski definition) is 2. The maximum absolute atomic E-state index is 13.6. The number of carbonyl (C=O) groups excluding carboxylic acids is 2. The minimum atomic E-state index is -1.51. The second-order valence-corrected chi connectivity index (χ2v) is 12.0. The minimum Gasteiger partial charge on any atom is -0.504 e. The second-order valence-electron chi connectivity index (χ2n) is 9.81. The van der Waals surface area contributed by atoms with Gasteiger partial charge in [0, 0.05) is 16.7 Å². The lowest BCUT2D eigenvalue weighted by molar-refractivity contribution is -0.276. The van der Waals surface area contributed by atoms with E-state index in [0.717, 1.165) is 10.4 Å². The Morgan fingerprint density at radius 3 is 2.71 bits per heavy atom. The van der Waals surface area contributed by atoms with Gasteiger partial charge in [0.25, 0.3) is 0 Å². The molecule has 2 aliphatic heterocycles. The Hall–Kier alpha value is -1.69. The van der Waals surface area contributed by atoms with Crippen LogP contribution < -0.4 is 4.74 Å². The van der Waals surface area contributed by atoms with Crippen LogP contribution in [-0.2, 0) is 20.9 Å². The van der Waals surface area contributed by atoms with Crippen LogP contribution in [-0.4, -0.2) is 39.8 Å². The fourth-order valence-electron chi connectivity index (χ4n) is 6.09. The molecule has 2 saturated heterocycles. The fourth-order valence-corrected chi connectivity index (χ4v) is 7.41. The number of aromatic hydroxyl groups is 1. The van der Waals surface area contributed by atoms with Crippen molar-refractivity contribution in [2.45, 2.75) is 45.1 Å². The highest BCUT2D eigenvalue weighted by Crippen LogP contribution is 2.60. The summed E-state index contributed by atoms with van der Waals surface area (Å²) in [5.74, 6) is -3.22. The summed E-state index contributed by atoms with van der Waals surface area (Å²) in [7, 11) is 1.49. The summed E-state index contributed by atoms with van der Waals surface area (Å²) in [4.78, 5) is 29.3. The van der Waals surface area contributed by atoms with E-state index in [2.05, 4.69) is 0 Å². The zero-order chi connectivity index (χ0) is 24.4. The molecule has 0 unspecified atom stereocenters. The number of fused-ring (bicyclic) bond motifs is 3. The number of phenols is 1. The lowest BCUT2D eigenvalue weighted by atomic mass is 9.62. The summed E-state index contributed by atoms with van der Waals surface area (Å²) in [6.45, 7) is 4.32. The van der Waals surface area contributed by atoms with Crippen molar-refractivity contribution in [3.8, 4) is 11.5 Å². The Labute approximate surface area is 216 Å². The number of likely N-dealkylation sites (tertiary alicyclic amines) is 1. The van der Waals surface area contributed by atoms with E-state index < -0.39 is 29.6 Å². The molecule has 2 amide bonds. The molecule has 7 nitrogen and oxygen atoms in total. The molecule has 3 aliphatic rings. The summed E-state index contributed by atoms with van der Waals surface area (Å²) in [5.41, 5.74) is 0.771. The third-order valence-corrected chi connectivity index (χ3v) is 9.40. The molecule has 9 heteroatoms. The minimum absolute atomic E-state index is 0.0573. The molecule has 3 fully saturated rings. The molecule has 0 spiro atoms. The molecular formula is C25H28INO6S. The van der Waals surface area contributed by atoms with Crippen molar-refractivity contribution in [3.63, 3.8) is 0 Å². The predicted octanol–water partition coefficient (Wildman–Crippen LogP) is 4.31. The van der Waals surface area contributed by atoms with E-state index in [-0.39, 0.29) is 35.9 Å². The van der Waals surface area contributed by atoms with Gasteiger partial charge in [-0.3, -0.25) is 14.5 Å². The topological polar surface area (TPSA) is 96.3 Å². The van der Waals surface area contributed by atoms with Gasteiger partial charge in [-0.15, -0.1) is 11.3 Å². The molecule has 34 heavy (non-hydrogen) atoms. The molecule has 6 atom stereocenters. The highest BCUT2D eigenvalue weighted by Gasteiger charge is 2.67. The predicted molar refractivity (Wildman–Crippen MR) is 134 cm³/mol. The lowest BCUT2D eigenvalue weighted by Crippen LogP contribution is -2.55. The number of ether oxygens (including phenoxy) is 2. The number of hydrogen-bond acceptors (Lipinski definition) is 7. The van der Waals surface area contributed by atoms with Crippen molar-refractivity contribution < 1.29 is 29.3 Å². The normalized spacial score (nSPS) is 32.9. The van der Waals surface area contributed by atoms with E-state index in [1.807, 2.05) is 60.0 Å². The fraction of sp³-hybridized carbons (Fsp3) is 0.520. The Morgan fingerprint density at radius 2 is 2.06 bits per heavy atom. The van der Waals surface area contributed by atoms with Crippen molar-refractivity contribution in [1.29, 1.82) is 0 Å². The molecule has 182 valence electrons. The first kappa shape index (κ1) is 24.0. The second kappa shape index (κ2) is 8.76. The average molecular weight is 597 g/mol. The summed E-state index contributed by atoms with van der Waals surface area (Å²) < 4.78 is 12.3. The number of amides is 2. The van der Waals surface area contributed by atoms with Gasteiger partial charge >= 0.3 is 0 Å². The van der Waals surface area contributed by atoms with E-state index in [4.69, 9.17) is 9.47 Å². The highest BCUT2D eigenvalue weighted by molar-refractivity contribution is 14.1. The van der Waals surface area contributed by atoms with Gasteiger partial charge in [-0.25, -0.2) is 0 Å². The van der Waals surface area contributed by atoms with Crippen LogP contribution in [0.1, 0.15) is 43.2 Å². The van der Waals surface area contributed by atoms with Gasteiger partial charge in [0.1, 0.15) is 0 Å². The number of nitrogens with zero attached hydrogens (tertiary/aromatic N) is 1. The Morgan fingerprint density at radius 1 is 1.29 bits per heavy atom. The third-order valence-electron chi connectivity index (χ3n) is 7.71. The molecule has 2 N–H and O–H groups in total. The van der Waals surface area contributed by atoms with E-state index in [9.17, 15) is 19.8 Å². The number of thiophene rings is 1. The molecular weight excluding hydrogens is 569 g/mol. The number of benzene rings is 1. The van der Waals surface area contributed by atoms with Crippen LogP contribution in [0.4, 0.5) is 0 Å². The first-order valence-corrected chi connectivity index (χ1v) is 13.5. The van der Waals surface area contributed by atoms with E-state index in [1.165, 1.54) is 23.3 Å². The third kappa shape index (κ3) is 3.66. The SMILES string of the molecule is COc1cc([C@@H]2C[C@H]3[C@H]4C(=O)N(Cc5cccs5)C(=O)[C@H]4C[C@H](C(C)C)[C@@]3(O)O2)cc(I)c1O. The average Bonchev–Trinajstić information content (AvgIpc) is 3.49. The van der Waals surface area contributed by atoms with Crippen LogP contribution in [0.2, 0.25) is 0 Å². The summed E-state index contributed by atoms with van der Waals surface area (Å²) in [5, 5.41) is 24.1. The molecule has 1 aromatic heterocycles. The van der Waals surface area contributed by atoms with Crippen molar-refractivity contribution >= 4 is 45.7 Å². The quantitative estimate of drug-likeness (QED) is 0.394. The summed E-state index contributed by atoms with van der Waals surface area (Å²) in [6, 6.07) is 7.37. The Kier molecular flexibility index (Phi) is 6.19. The van der Waals surface area contributed by atoms with Gasteiger partial charge in [-0.05, 0) is 70.5 Å². The molecule has 5 rings (SSSR count). The van der Waals surface area contributed by atoms with Crippen molar-refractivity contribution in [2.24, 2.45) is 29.6 Å². The number of methoxy groups -OCH3 is 1. The summed E-state index contributed by atoms with van der Waals surface area (Å²) in [6.07, 6.45) is 0.355. The number of halogens is 1. The van der Waals surface area contributed by atoms with Crippen LogP contribution in [0.25, 0.3) is 0 Å². The number of aliphatic hydroxyl groups is 1. The first-order valence-electron chi connectivity index (χ1n) is 11.5. The zero-order valence-electron chi connectivity index (χ0n) is 19.2. The Bertz CT molecular complexity index is 1120. The van der Waals surface area contributed by atoms with E-state index in [1.54, 1.807) is 6.07 Å². The van der Waals surface area contributed by atoms with Gasteiger partial charge < -0.3 is 19.7 Å². The van der Waals surface area contributed by atoms with Gasteiger partial charge in [-0.1, -0.05) is 19.9 Å². The van der Waals surface area contributed by atoms with Crippen LogP contribution in [0.15, 0.2) is 29.6 Å². The molecule has 2 aromatic rings. The monoisotopic (exact) mass is 597 g/mol. The lowest BCUT2D eigenvalue weighted by Gasteiger charge is -2.46. The molecule has 0 radical (unpaired) electrons. The highest BCUT2D eigenvalue weighted by atomic mass is 127. The molecule has 1 aromatic carbocycles. The molecule has 3 heterocycles. The maximum Gasteiger partial charge on any atom is 0.233 e. The van der Waals surface area contributed by atoms with Crippen molar-refractivity contribution in [3.05, 3.63) is 43.7 Å². The zero-order valence-corrected chi connectivity index (χ0v) is 22.2. The maximum atomic E-state index is 13.6. The van der Waals surface area contributed by atoms with E-state index >= 15 is 0 Å². The largest absolute Gasteiger partial charge is 0.504 e. The van der Waals surface area contributed by atoms with Crippen LogP contribution in [0, 0.1) is 33.2 Å². The van der Waals surface area contributed by atoms with Gasteiger partial charge in [-0.2, -0.15) is 0 Å². The van der Waals surface area contributed by atoms with Crippen LogP contribution >= 0.6 is 33.9 Å². The van der Waals surface area contributed by atoms with Crippen LogP contribution in [0.3, 0.4) is 0 Å². The van der Waals surface area contributed by atoms with Gasteiger partial charge in [0.15, 0.2) is 17.3 Å². The summed E-state index contributed by atoms with van der Waals surface area (Å²) >= 11 is 3.56. The molecule has 0 bridgehead atoms. The number of imide groups is 1. The molecule has 1 aliphatic carbocycles. The first-order chi connectivity index (χ1) is 16.2. The van der Waals surface area contributed by atoms with Crippen molar-refractivity contribution in [2.75, 3.05) is 7.11 Å². The van der Waals surface area contributed by atoms with Gasteiger partial charge in [0.2, 0.25) is 11.8 Å². The number of phenolic OH excluding ortho intramolecular Hbond substituents is 1. The standard InChI is InChI=1S/C25H28INO6S/c1-12(2)16-9-15-21(24(30)27(23(15)29)11-14-5-4-6-34-14)17-10-19(33-25(16,17)31)13-7-18(26)22(28)20(8-13)32-3/h4-8,12,15-17,19,21,28,31H,9-11H2,1-3H3/t15-,16+,17-,19-,21-,25+/m0/s1. The van der Waals surface area contributed by atoms with Crippen molar-refractivity contribution in [1.82, 2.24) is 4.90 Å². The molecule has 1 saturated carbocycles. The Balaban J connectivity index is 1.51. The van der Waals surface area contributed by atoms with Gasteiger partial charge in [0.05, 0.1) is 35.2 Å². The smallest absolute Gasteiger partial charge is 0.233 e. The number of carbonyl (C=O) groups is 2. The number of rotatable bonds is 5. The van der Waals surface area contributed by atoms with Crippen LogP contribution in [0.5, 0.6) is 11.5 Å². The van der Waals surface area contributed by atoms with E-state index in [0.29, 0.717) is 22.2 Å².